The molecule has 0 spiro atoms. The summed E-state index contributed by atoms with van der Waals surface area (Å²) in [4.78, 5) is 38.3. The van der Waals surface area contributed by atoms with E-state index in [4.69, 9.17) is 14.2 Å². The van der Waals surface area contributed by atoms with Crippen LogP contribution in [0.4, 0.5) is 0 Å². The molecule has 0 N–H and O–H groups in total. The molecule has 0 aromatic carbocycles. The summed E-state index contributed by atoms with van der Waals surface area (Å²) in [5.74, 6) is -1.04. The fourth-order valence-electron chi connectivity index (χ4n) is 9.28. The lowest BCUT2D eigenvalue weighted by atomic mass is 10.0. The van der Waals surface area contributed by atoms with E-state index in [0.717, 1.165) is 83.5 Å². The molecule has 79 heavy (non-hydrogen) atoms. The molecule has 6 heteroatoms. The first-order valence-corrected chi connectivity index (χ1v) is 33.4. The third-order valence-electron chi connectivity index (χ3n) is 14.3. The van der Waals surface area contributed by atoms with Crippen molar-refractivity contribution in [3.8, 4) is 0 Å². The number of esters is 3. The predicted octanol–water partition coefficient (Wildman–Crippen LogP) is 23.0. The van der Waals surface area contributed by atoms with E-state index in [1.165, 1.54) is 193 Å². The topological polar surface area (TPSA) is 78.9 Å². The average molecular weight is 1100 g/mol. The Balaban J connectivity index is 4.40. The van der Waals surface area contributed by atoms with Crippen LogP contribution in [0.1, 0.15) is 316 Å². The summed E-state index contributed by atoms with van der Waals surface area (Å²) in [6.45, 7) is 6.44. The molecule has 1 unspecified atom stereocenters. The molecule has 0 amide bonds. The summed E-state index contributed by atoms with van der Waals surface area (Å²) in [5, 5.41) is 0. The molecule has 0 aromatic rings. The lowest BCUT2D eigenvalue weighted by Gasteiger charge is -2.18. The van der Waals surface area contributed by atoms with Gasteiger partial charge in [-0.2, -0.15) is 0 Å². The van der Waals surface area contributed by atoms with Crippen molar-refractivity contribution in [1.82, 2.24) is 0 Å². The Morgan fingerprint density at radius 2 is 0.544 bits per heavy atom. The molecule has 0 rings (SSSR count). The van der Waals surface area contributed by atoms with Gasteiger partial charge in [-0.05, 0) is 109 Å². The normalized spacial score (nSPS) is 12.8. The molecule has 0 radical (unpaired) electrons. The van der Waals surface area contributed by atoms with Crippen molar-refractivity contribution in [2.45, 2.75) is 322 Å². The number of hydrogen-bond donors (Lipinski definition) is 0. The molecular formula is C73H124O6. The van der Waals surface area contributed by atoms with E-state index in [2.05, 4.69) is 118 Å². The van der Waals surface area contributed by atoms with Gasteiger partial charge in [0, 0.05) is 12.8 Å². The van der Waals surface area contributed by atoms with Gasteiger partial charge in [-0.25, -0.2) is 0 Å². The van der Waals surface area contributed by atoms with Gasteiger partial charge < -0.3 is 14.2 Å². The maximum Gasteiger partial charge on any atom is 0.309 e. The van der Waals surface area contributed by atoms with Crippen molar-refractivity contribution in [3.63, 3.8) is 0 Å². The Bertz CT molecular complexity index is 1590. The van der Waals surface area contributed by atoms with Gasteiger partial charge >= 0.3 is 17.9 Å². The second-order valence-electron chi connectivity index (χ2n) is 22.0. The fraction of sp³-hybridized carbons (Fsp3) is 0.712. The van der Waals surface area contributed by atoms with Gasteiger partial charge in [-0.3, -0.25) is 14.4 Å². The molecule has 6 nitrogen and oxygen atoms in total. The van der Waals surface area contributed by atoms with Gasteiger partial charge in [0.05, 0.1) is 6.42 Å². The number of allylic oxidation sites excluding steroid dienone is 17. The molecule has 0 aromatic heterocycles. The molecule has 1 atom stereocenters. The molecule has 0 heterocycles. The summed E-state index contributed by atoms with van der Waals surface area (Å²) in [5.41, 5.74) is 0. The van der Waals surface area contributed by atoms with Crippen LogP contribution in [0.5, 0.6) is 0 Å². The Kier molecular flexibility index (Phi) is 63.3. The monoisotopic (exact) mass is 1100 g/mol. The highest BCUT2D eigenvalue weighted by Crippen LogP contribution is 2.16. The minimum Gasteiger partial charge on any atom is -0.462 e. The first-order valence-electron chi connectivity index (χ1n) is 33.4. The number of rotatable bonds is 60. The SMILES string of the molecule is CC/C=C\C/C=C\C/C=C\C/C=C\C/C=C\CC(=O)OCC(COC(=O)CCCCCCCCCCCCCCC/C=C\C/C=C\CCCCCCC)OC(=O)CCCCCCCCCCC/C=C\C/C=C\CCCCCCC. The molecule has 0 bridgehead atoms. The predicted molar refractivity (Wildman–Crippen MR) is 343 cm³/mol. The van der Waals surface area contributed by atoms with Crippen LogP contribution in [0.15, 0.2) is 109 Å². The van der Waals surface area contributed by atoms with E-state index in [-0.39, 0.29) is 31.6 Å². The molecule has 0 fully saturated rings. The maximum atomic E-state index is 12.9. The quantitative estimate of drug-likeness (QED) is 0.0261. The largest absolute Gasteiger partial charge is 0.462 e. The highest BCUT2D eigenvalue weighted by molar-refractivity contribution is 5.72. The van der Waals surface area contributed by atoms with Crippen LogP contribution in [0.2, 0.25) is 0 Å². The highest BCUT2D eigenvalue weighted by atomic mass is 16.6. The Morgan fingerprint density at radius 1 is 0.278 bits per heavy atom. The van der Waals surface area contributed by atoms with E-state index >= 15 is 0 Å². The van der Waals surface area contributed by atoms with E-state index in [1.807, 2.05) is 6.08 Å². The van der Waals surface area contributed by atoms with E-state index in [1.54, 1.807) is 6.08 Å². The smallest absolute Gasteiger partial charge is 0.309 e. The molecule has 0 saturated carbocycles. The third-order valence-corrected chi connectivity index (χ3v) is 14.3. The number of carbonyl (C=O) groups excluding carboxylic acids is 3. The van der Waals surface area contributed by atoms with E-state index < -0.39 is 12.1 Å². The van der Waals surface area contributed by atoms with Crippen molar-refractivity contribution in [3.05, 3.63) is 109 Å². The van der Waals surface area contributed by atoms with Crippen LogP contribution in [0, 0.1) is 0 Å². The Labute approximate surface area is 489 Å². The molecular weight excluding hydrogens is 973 g/mol. The zero-order chi connectivity index (χ0) is 57.1. The lowest BCUT2D eigenvalue weighted by Crippen LogP contribution is -2.30. The standard InChI is InChI=1S/C73H124O6/c1-4-7-10-13-16-19-22-25-28-30-32-34-35-36-37-39-40-42-45-48-51-54-57-60-63-66-72(75)78-69-70(68-77-71(74)65-62-59-56-53-50-47-44-27-24-21-18-15-12-9-6-3)79-73(76)67-64-61-58-55-52-49-46-43-41-38-33-31-29-26-23-20-17-14-11-8-5-2/h9,12,18,21-23,25-27,30-33,44,50,53,59,62,70H,4-8,10-11,13-17,19-20,24,28-29,34-43,45-49,51-52,54-58,60-61,63-69H2,1-3H3/b12-9-,21-18-,25-22-,26-23-,32-30-,33-31-,44-27-,53-50-,62-59-. The van der Waals surface area contributed by atoms with Gasteiger partial charge in [-0.1, -0.05) is 297 Å². The van der Waals surface area contributed by atoms with Crippen molar-refractivity contribution < 1.29 is 28.6 Å². The average Bonchev–Trinajstić information content (AvgIpc) is 3.45. The summed E-state index contributed by atoms with van der Waals surface area (Å²) < 4.78 is 16.8. The van der Waals surface area contributed by atoms with Crippen molar-refractivity contribution in [2.24, 2.45) is 0 Å². The zero-order valence-electron chi connectivity index (χ0n) is 51.9. The van der Waals surface area contributed by atoms with Crippen LogP contribution in [-0.2, 0) is 28.6 Å². The van der Waals surface area contributed by atoms with Crippen molar-refractivity contribution >= 4 is 17.9 Å². The van der Waals surface area contributed by atoms with Crippen LogP contribution >= 0.6 is 0 Å². The molecule has 0 aliphatic rings. The number of unbranched alkanes of at least 4 members (excludes halogenated alkanes) is 32. The second kappa shape index (κ2) is 66.6. The van der Waals surface area contributed by atoms with Crippen LogP contribution in [0.3, 0.4) is 0 Å². The first kappa shape index (κ1) is 75.1. The van der Waals surface area contributed by atoms with Crippen LogP contribution < -0.4 is 0 Å². The second-order valence-corrected chi connectivity index (χ2v) is 22.0. The minimum atomic E-state index is -0.824. The van der Waals surface area contributed by atoms with Crippen LogP contribution in [0.25, 0.3) is 0 Å². The maximum absolute atomic E-state index is 12.9. The molecule has 0 aliphatic heterocycles. The minimum absolute atomic E-state index is 0.110. The van der Waals surface area contributed by atoms with Gasteiger partial charge in [-0.15, -0.1) is 0 Å². The van der Waals surface area contributed by atoms with Gasteiger partial charge in [0.1, 0.15) is 13.2 Å². The Morgan fingerprint density at radius 3 is 0.886 bits per heavy atom. The number of ether oxygens (including phenoxy) is 3. The van der Waals surface area contributed by atoms with E-state index in [9.17, 15) is 14.4 Å². The highest BCUT2D eigenvalue weighted by Gasteiger charge is 2.19. The van der Waals surface area contributed by atoms with Crippen molar-refractivity contribution in [2.75, 3.05) is 13.2 Å². The zero-order valence-corrected chi connectivity index (χ0v) is 51.9. The molecule has 452 valence electrons. The lowest BCUT2D eigenvalue weighted by molar-refractivity contribution is -0.166. The van der Waals surface area contributed by atoms with Gasteiger partial charge in [0.15, 0.2) is 6.10 Å². The van der Waals surface area contributed by atoms with Crippen molar-refractivity contribution in [1.29, 1.82) is 0 Å². The van der Waals surface area contributed by atoms with Gasteiger partial charge in [0.2, 0.25) is 0 Å². The third kappa shape index (κ3) is 64.8. The summed E-state index contributed by atoms with van der Waals surface area (Å²) in [7, 11) is 0. The van der Waals surface area contributed by atoms with Crippen LogP contribution in [-0.4, -0.2) is 37.2 Å². The summed E-state index contributed by atoms with van der Waals surface area (Å²) in [6, 6.07) is 0. The number of hydrogen-bond acceptors (Lipinski definition) is 6. The molecule has 0 saturated heterocycles. The fourth-order valence-corrected chi connectivity index (χ4v) is 9.28. The first-order chi connectivity index (χ1) is 39.0. The number of carbonyl (C=O) groups is 3. The summed E-state index contributed by atoms with van der Waals surface area (Å²) in [6.07, 6.45) is 91.3. The van der Waals surface area contributed by atoms with Gasteiger partial charge in [0.25, 0.3) is 0 Å². The summed E-state index contributed by atoms with van der Waals surface area (Å²) >= 11 is 0. The Hall–Kier alpha value is -3.93. The molecule has 0 aliphatic carbocycles. The van der Waals surface area contributed by atoms with E-state index in [0.29, 0.717) is 12.8 Å².